The molecule has 1 atom stereocenters. The van der Waals surface area contributed by atoms with Gasteiger partial charge in [-0.05, 0) is 66.1 Å². The lowest BCUT2D eigenvalue weighted by Gasteiger charge is -2.26. The molecule has 0 aromatic heterocycles. The molecule has 3 aromatic rings. The van der Waals surface area contributed by atoms with Gasteiger partial charge < -0.3 is 5.32 Å². The topological polar surface area (TPSA) is 66.5 Å². The second-order valence-electron chi connectivity index (χ2n) is 10.7. The smallest absolute Gasteiger partial charge is 0.264 e. The van der Waals surface area contributed by atoms with Gasteiger partial charge in [0.05, 0.1) is 16.6 Å². The van der Waals surface area contributed by atoms with Crippen molar-refractivity contribution in [2.75, 3.05) is 10.8 Å². The third kappa shape index (κ3) is 6.55. The highest BCUT2D eigenvalue weighted by Crippen LogP contribution is 2.27. The molecule has 36 heavy (non-hydrogen) atoms. The highest BCUT2D eigenvalue weighted by atomic mass is 32.2. The van der Waals surface area contributed by atoms with Gasteiger partial charge >= 0.3 is 0 Å². The average Bonchev–Trinajstić information content (AvgIpc) is 2.82. The fourth-order valence-electron chi connectivity index (χ4n) is 3.95. The number of benzene rings is 3. The Morgan fingerprint density at radius 2 is 1.36 bits per heavy atom. The van der Waals surface area contributed by atoms with Gasteiger partial charge in [0, 0.05) is 0 Å². The van der Waals surface area contributed by atoms with E-state index in [2.05, 4.69) is 52.1 Å². The number of carbonyl (C=O) groups is 1. The summed E-state index contributed by atoms with van der Waals surface area (Å²) in [5.74, 6) is -0.0546. The van der Waals surface area contributed by atoms with E-state index in [0.717, 1.165) is 16.7 Å². The summed E-state index contributed by atoms with van der Waals surface area (Å²) in [4.78, 5) is 13.3. The van der Waals surface area contributed by atoms with Gasteiger partial charge in [-0.1, -0.05) is 88.7 Å². The summed E-state index contributed by atoms with van der Waals surface area (Å²) in [6.45, 7) is 14.1. The van der Waals surface area contributed by atoms with Crippen molar-refractivity contribution < 1.29 is 13.2 Å². The fourth-order valence-corrected chi connectivity index (χ4v) is 5.37. The number of anilines is 1. The van der Waals surface area contributed by atoms with E-state index < -0.39 is 10.0 Å². The van der Waals surface area contributed by atoms with Crippen LogP contribution >= 0.6 is 0 Å². The lowest BCUT2D eigenvalue weighted by Crippen LogP contribution is -2.41. The van der Waals surface area contributed by atoms with Crippen LogP contribution in [0.15, 0.2) is 77.7 Å². The Morgan fingerprint density at radius 3 is 1.86 bits per heavy atom. The summed E-state index contributed by atoms with van der Waals surface area (Å²) in [5, 5.41) is 2.97. The van der Waals surface area contributed by atoms with Crippen LogP contribution in [-0.4, -0.2) is 20.9 Å². The van der Waals surface area contributed by atoms with E-state index in [1.165, 1.54) is 9.87 Å². The maximum Gasteiger partial charge on any atom is 0.264 e. The predicted octanol–water partition coefficient (Wildman–Crippen LogP) is 6.49. The molecule has 3 rings (SSSR count). The Bertz CT molecular complexity index is 1270. The molecule has 0 heterocycles. The SMILES string of the molecule is Cc1ccc(S(=O)(=O)N(CC(=O)N[C@@H](C)c2ccc(C(C)(C)C)cc2)c2ccc(C(C)C)cc2)cc1. The van der Waals surface area contributed by atoms with Crippen molar-refractivity contribution in [1.82, 2.24) is 5.32 Å². The lowest BCUT2D eigenvalue weighted by molar-refractivity contribution is -0.120. The van der Waals surface area contributed by atoms with E-state index in [1.807, 2.05) is 38.1 Å². The molecule has 5 nitrogen and oxygen atoms in total. The zero-order valence-corrected chi connectivity index (χ0v) is 23.2. The van der Waals surface area contributed by atoms with Gasteiger partial charge in [-0.15, -0.1) is 0 Å². The molecule has 0 saturated carbocycles. The van der Waals surface area contributed by atoms with Crippen molar-refractivity contribution in [3.05, 3.63) is 95.1 Å². The molecule has 1 N–H and O–H groups in total. The molecule has 0 unspecified atom stereocenters. The first kappa shape index (κ1) is 27.5. The third-order valence-corrected chi connectivity index (χ3v) is 8.19. The Morgan fingerprint density at radius 1 is 0.833 bits per heavy atom. The Balaban J connectivity index is 1.86. The summed E-state index contributed by atoms with van der Waals surface area (Å²) < 4.78 is 28.5. The molecular formula is C30H38N2O3S. The highest BCUT2D eigenvalue weighted by Gasteiger charge is 2.28. The minimum Gasteiger partial charge on any atom is -0.348 e. The van der Waals surface area contributed by atoms with E-state index >= 15 is 0 Å². The van der Waals surface area contributed by atoms with Gasteiger partial charge in [-0.2, -0.15) is 0 Å². The molecule has 0 fully saturated rings. The van der Waals surface area contributed by atoms with Crippen molar-refractivity contribution >= 4 is 21.6 Å². The van der Waals surface area contributed by atoms with Gasteiger partial charge in [-0.3, -0.25) is 9.10 Å². The number of nitrogens with zero attached hydrogens (tertiary/aromatic N) is 1. The number of carbonyl (C=O) groups excluding carboxylic acids is 1. The lowest BCUT2D eigenvalue weighted by atomic mass is 9.86. The summed E-state index contributed by atoms with van der Waals surface area (Å²) in [7, 11) is -3.95. The van der Waals surface area contributed by atoms with Crippen molar-refractivity contribution in [3.8, 4) is 0 Å². The van der Waals surface area contributed by atoms with Crippen molar-refractivity contribution in [1.29, 1.82) is 0 Å². The second-order valence-corrected chi connectivity index (χ2v) is 12.6. The molecule has 0 bridgehead atoms. The first-order chi connectivity index (χ1) is 16.8. The van der Waals surface area contributed by atoms with E-state index in [-0.39, 0.29) is 28.8 Å². The van der Waals surface area contributed by atoms with E-state index in [0.29, 0.717) is 11.6 Å². The number of sulfonamides is 1. The molecular weight excluding hydrogens is 468 g/mol. The van der Waals surface area contributed by atoms with Crippen LogP contribution in [0.1, 0.15) is 75.8 Å². The van der Waals surface area contributed by atoms with Crippen molar-refractivity contribution in [3.63, 3.8) is 0 Å². The minimum absolute atomic E-state index is 0.0426. The quantitative estimate of drug-likeness (QED) is 0.380. The Labute approximate surface area is 216 Å². The van der Waals surface area contributed by atoms with Crippen LogP contribution in [0.4, 0.5) is 5.69 Å². The summed E-state index contributed by atoms with van der Waals surface area (Å²) in [6.07, 6.45) is 0. The summed E-state index contributed by atoms with van der Waals surface area (Å²) >= 11 is 0. The molecule has 192 valence electrons. The number of nitrogens with one attached hydrogen (secondary N) is 1. The first-order valence-electron chi connectivity index (χ1n) is 12.4. The number of aryl methyl sites for hydroxylation is 1. The molecule has 1 amide bonds. The molecule has 0 radical (unpaired) electrons. The molecule has 0 aliphatic heterocycles. The Kier molecular flexibility index (Phi) is 8.29. The molecule has 0 spiro atoms. The number of hydrogen-bond acceptors (Lipinski definition) is 3. The molecule has 0 aliphatic rings. The maximum atomic E-state index is 13.6. The van der Waals surface area contributed by atoms with Crippen molar-refractivity contribution in [2.24, 2.45) is 0 Å². The van der Waals surface area contributed by atoms with Crippen LogP contribution in [-0.2, 0) is 20.2 Å². The standard InChI is InChI=1S/C30H38N2O3S/c1-21(2)24-12-16-27(17-13-24)32(36(34,35)28-18-8-22(3)9-19-28)20-29(33)31-23(4)25-10-14-26(15-11-25)30(5,6)7/h8-19,21,23H,20H2,1-7H3,(H,31,33)/t23-/m0/s1. The molecule has 3 aromatic carbocycles. The van der Waals surface area contributed by atoms with E-state index in [4.69, 9.17) is 0 Å². The largest absolute Gasteiger partial charge is 0.348 e. The first-order valence-corrected chi connectivity index (χ1v) is 13.8. The third-order valence-electron chi connectivity index (χ3n) is 6.40. The highest BCUT2D eigenvalue weighted by molar-refractivity contribution is 7.92. The molecule has 0 saturated heterocycles. The van der Waals surface area contributed by atoms with Gasteiger partial charge in [-0.25, -0.2) is 8.42 Å². The summed E-state index contributed by atoms with van der Waals surface area (Å²) in [5.41, 5.74) is 4.74. The van der Waals surface area contributed by atoms with Crippen molar-refractivity contribution in [2.45, 2.75) is 70.7 Å². The molecule has 6 heteroatoms. The van der Waals surface area contributed by atoms with Gasteiger partial charge in [0.15, 0.2) is 0 Å². The number of rotatable bonds is 8. The minimum atomic E-state index is -3.95. The number of amides is 1. The van der Waals surface area contributed by atoms with Crippen LogP contribution in [0, 0.1) is 6.92 Å². The van der Waals surface area contributed by atoms with Crippen LogP contribution in [0.3, 0.4) is 0 Å². The van der Waals surface area contributed by atoms with Gasteiger partial charge in [0.2, 0.25) is 5.91 Å². The van der Waals surface area contributed by atoms with Crippen LogP contribution in [0.5, 0.6) is 0 Å². The predicted molar refractivity (Wildman–Crippen MR) is 148 cm³/mol. The average molecular weight is 507 g/mol. The van der Waals surface area contributed by atoms with Gasteiger partial charge in [0.1, 0.15) is 6.54 Å². The Hall–Kier alpha value is -3.12. The monoisotopic (exact) mass is 506 g/mol. The van der Waals surface area contributed by atoms with E-state index in [1.54, 1.807) is 36.4 Å². The van der Waals surface area contributed by atoms with E-state index in [9.17, 15) is 13.2 Å². The molecule has 0 aliphatic carbocycles. The summed E-state index contributed by atoms with van der Waals surface area (Å²) in [6, 6.07) is 21.9. The zero-order chi connectivity index (χ0) is 26.7. The van der Waals surface area contributed by atoms with Gasteiger partial charge in [0.25, 0.3) is 10.0 Å². The fraction of sp³-hybridized carbons (Fsp3) is 0.367. The number of hydrogen-bond donors (Lipinski definition) is 1. The normalized spacial score (nSPS) is 12.9. The van der Waals surface area contributed by atoms with Crippen LogP contribution in [0.2, 0.25) is 0 Å². The maximum absolute atomic E-state index is 13.6. The van der Waals surface area contributed by atoms with Crippen LogP contribution in [0.25, 0.3) is 0 Å². The second kappa shape index (κ2) is 10.9. The van der Waals surface area contributed by atoms with Crippen LogP contribution < -0.4 is 9.62 Å². The zero-order valence-electron chi connectivity index (χ0n) is 22.4.